The van der Waals surface area contributed by atoms with E-state index in [2.05, 4.69) is 4.98 Å². The molecule has 0 radical (unpaired) electrons. The van der Waals surface area contributed by atoms with Crippen LogP contribution in [0, 0.1) is 10.1 Å². The van der Waals surface area contributed by atoms with Gasteiger partial charge in [-0.1, -0.05) is 35.3 Å². The summed E-state index contributed by atoms with van der Waals surface area (Å²) in [5.74, 6) is 0. The Bertz CT molecular complexity index is 590. The van der Waals surface area contributed by atoms with E-state index in [4.69, 9.17) is 48.0 Å². The maximum absolute atomic E-state index is 8.36. The zero-order valence-electron chi connectivity index (χ0n) is 12.1. The minimum absolute atomic E-state index is 0.0925. The summed E-state index contributed by atoms with van der Waals surface area (Å²) in [5.41, 5.74) is 1.00. The molecule has 1 aromatic heterocycles. The molecule has 2 rings (SSSR count). The topological polar surface area (TPSA) is 99.7 Å². The lowest BCUT2D eigenvalue weighted by Crippen LogP contribution is -2.33. The van der Waals surface area contributed by atoms with Crippen LogP contribution in [-0.2, 0) is 21.1 Å². The quantitative estimate of drug-likeness (QED) is 0.366. The van der Waals surface area contributed by atoms with Gasteiger partial charge in [-0.15, -0.1) is 10.1 Å². The van der Waals surface area contributed by atoms with E-state index in [1.165, 1.54) is 0 Å². The third kappa shape index (κ3) is 6.83. The molecule has 0 spiro atoms. The van der Waals surface area contributed by atoms with E-state index in [1.54, 1.807) is 30.4 Å². The molecule has 0 aliphatic carbocycles. The van der Waals surface area contributed by atoms with Gasteiger partial charge in [0.15, 0.2) is 6.79 Å². The zero-order valence-corrected chi connectivity index (χ0v) is 13.6. The lowest BCUT2D eigenvalue weighted by atomic mass is 10.1. The molecule has 1 atom stereocenters. The van der Waals surface area contributed by atoms with Crippen LogP contribution in [-0.4, -0.2) is 33.7 Å². The standard InChI is InChI=1S/C13H14Cl2N2O2.HNO3/c1-18-10-19-13(15,17-7-6-16-9-17)8-11-2-4-12(14)5-3-11;2-1(3)4/h2-7,9H,8,10H2,1H3;(H,2,3,4). The molecular formula is C13H15Cl2N3O5. The molecule has 0 amide bonds. The van der Waals surface area contributed by atoms with Crippen molar-refractivity contribution >= 4 is 23.2 Å². The SMILES string of the molecule is COCOC(Cl)(Cc1ccc(Cl)cc1)n1ccnc1.O=[N+]([O-])O. The van der Waals surface area contributed by atoms with Crippen LogP contribution in [0.4, 0.5) is 0 Å². The summed E-state index contributed by atoms with van der Waals surface area (Å²) < 4.78 is 12.2. The Hall–Kier alpha value is -1.87. The summed E-state index contributed by atoms with van der Waals surface area (Å²) >= 11 is 12.4. The first-order valence-corrected chi connectivity index (χ1v) is 7.01. The van der Waals surface area contributed by atoms with Gasteiger partial charge in [0.2, 0.25) is 5.18 Å². The smallest absolute Gasteiger partial charge is 0.291 e. The fourth-order valence-electron chi connectivity index (χ4n) is 1.68. The lowest BCUT2D eigenvalue weighted by molar-refractivity contribution is -0.742. The monoisotopic (exact) mass is 363 g/mol. The Morgan fingerprint density at radius 2 is 2.04 bits per heavy atom. The fourth-order valence-corrected chi connectivity index (χ4v) is 2.10. The molecule has 0 aliphatic rings. The van der Waals surface area contributed by atoms with E-state index >= 15 is 0 Å². The minimum atomic E-state index is -1.50. The van der Waals surface area contributed by atoms with Crippen LogP contribution in [0.25, 0.3) is 0 Å². The number of alkyl halides is 1. The van der Waals surface area contributed by atoms with Crippen molar-refractivity contribution in [2.24, 2.45) is 0 Å². The summed E-state index contributed by atoms with van der Waals surface area (Å²) in [6.07, 6.45) is 5.47. The molecule has 126 valence electrons. The maximum atomic E-state index is 8.36. The van der Waals surface area contributed by atoms with Crippen molar-refractivity contribution in [3.63, 3.8) is 0 Å². The lowest BCUT2D eigenvalue weighted by Gasteiger charge is -2.28. The number of rotatable bonds is 6. The zero-order chi connectivity index (χ0) is 17.3. The molecule has 1 heterocycles. The number of aromatic nitrogens is 2. The van der Waals surface area contributed by atoms with Crippen LogP contribution >= 0.6 is 23.2 Å². The van der Waals surface area contributed by atoms with Gasteiger partial charge >= 0.3 is 0 Å². The third-order valence-electron chi connectivity index (χ3n) is 2.62. The van der Waals surface area contributed by atoms with Crippen molar-refractivity contribution in [2.45, 2.75) is 11.6 Å². The molecule has 10 heteroatoms. The number of imidazole rings is 1. The van der Waals surface area contributed by atoms with Crippen molar-refractivity contribution in [3.8, 4) is 0 Å². The van der Waals surface area contributed by atoms with Crippen LogP contribution in [0.1, 0.15) is 5.56 Å². The van der Waals surface area contributed by atoms with Gasteiger partial charge in [-0.2, -0.15) is 0 Å². The summed E-state index contributed by atoms with van der Waals surface area (Å²) in [5, 5.41) is 13.3. The summed E-state index contributed by atoms with van der Waals surface area (Å²) in [6.45, 7) is 0.0925. The molecule has 0 bridgehead atoms. The van der Waals surface area contributed by atoms with Crippen molar-refractivity contribution in [3.05, 3.63) is 63.7 Å². The van der Waals surface area contributed by atoms with E-state index < -0.39 is 10.3 Å². The number of hydrogen-bond acceptors (Lipinski definition) is 5. The number of benzene rings is 1. The van der Waals surface area contributed by atoms with Crippen molar-refractivity contribution in [1.29, 1.82) is 0 Å². The van der Waals surface area contributed by atoms with Gasteiger partial charge in [-0.3, -0.25) is 4.57 Å². The molecule has 0 fully saturated rings. The second-order valence-corrected chi connectivity index (χ2v) is 5.28. The normalized spacial score (nSPS) is 12.8. The number of nitrogens with zero attached hydrogens (tertiary/aromatic N) is 3. The number of halogens is 2. The Balaban J connectivity index is 0.000000593. The van der Waals surface area contributed by atoms with E-state index in [1.807, 2.05) is 24.3 Å². The molecule has 1 aromatic carbocycles. The Morgan fingerprint density at radius 3 is 2.52 bits per heavy atom. The molecule has 0 saturated carbocycles. The predicted molar refractivity (Wildman–Crippen MR) is 83.0 cm³/mol. The largest absolute Gasteiger partial charge is 0.358 e. The third-order valence-corrected chi connectivity index (χ3v) is 3.31. The summed E-state index contributed by atoms with van der Waals surface area (Å²) in [4.78, 5) is 12.3. The van der Waals surface area contributed by atoms with Crippen LogP contribution in [0.5, 0.6) is 0 Å². The van der Waals surface area contributed by atoms with Gasteiger partial charge in [0, 0.05) is 30.9 Å². The predicted octanol–water partition coefficient (Wildman–Crippen LogP) is 2.90. The first-order valence-electron chi connectivity index (χ1n) is 6.25. The highest BCUT2D eigenvalue weighted by molar-refractivity contribution is 6.30. The van der Waals surface area contributed by atoms with Crippen LogP contribution < -0.4 is 0 Å². The van der Waals surface area contributed by atoms with E-state index in [-0.39, 0.29) is 6.79 Å². The van der Waals surface area contributed by atoms with Crippen molar-refractivity contribution < 1.29 is 19.8 Å². The molecule has 1 N–H and O–H groups in total. The molecule has 2 aromatic rings. The average molecular weight is 364 g/mol. The fraction of sp³-hybridized carbons (Fsp3) is 0.308. The molecular weight excluding hydrogens is 349 g/mol. The highest BCUT2D eigenvalue weighted by atomic mass is 35.5. The number of methoxy groups -OCH3 is 1. The van der Waals surface area contributed by atoms with Gasteiger partial charge in [0.1, 0.15) is 0 Å². The number of ether oxygens (including phenoxy) is 2. The Kier molecular flexibility index (Phi) is 7.76. The average Bonchev–Trinajstić information content (AvgIpc) is 3.02. The molecule has 8 nitrogen and oxygen atoms in total. The van der Waals surface area contributed by atoms with Gasteiger partial charge in [0.05, 0.1) is 6.33 Å². The highest BCUT2D eigenvalue weighted by Gasteiger charge is 2.30. The second kappa shape index (κ2) is 9.31. The van der Waals surface area contributed by atoms with Crippen LogP contribution in [0.15, 0.2) is 43.0 Å². The van der Waals surface area contributed by atoms with Gasteiger partial charge < -0.3 is 14.7 Å². The first kappa shape index (κ1) is 19.2. The summed E-state index contributed by atoms with van der Waals surface area (Å²) in [6, 6.07) is 7.45. The molecule has 0 saturated heterocycles. The van der Waals surface area contributed by atoms with Gasteiger partial charge in [-0.25, -0.2) is 4.98 Å². The molecule has 23 heavy (non-hydrogen) atoms. The van der Waals surface area contributed by atoms with Gasteiger partial charge in [-0.05, 0) is 17.7 Å². The summed E-state index contributed by atoms with van der Waals surface area (Å²) in [7, 11) is 1.55. The number of hydrogen-bond donors (Lipinski definition) is 1. The molecule has 1 unspecified atom stereocenters. The first-order chi connectivity index (χ1) is 10.9. The van der Waals surface area contributed by atoms with E-state index in [0.29, 0.717) is 11.4 Å². The second-order valence-electron chi connectivity index (χ2n) is 4.25. The van der Waals surface area contributed by atoms with Crippen LogP contribution in [0.3, 0.4) is 0 Å². The van der Waals surface area contributed by atoms with E-state index in [0.717, 1.165) is 5.56 Å². The maximum Gasteiger partial charge on any atom is 0.291 e. The minimum Gasteiger partial charge on any atom is -0.358 e. The van der Waals surface area contributed by atoms with E-state index in [9.17, 15) is 0 Å². The Labute approximate surface area is 142 Å². The highest BCUT2D eigenvalue weighted by Crippen LogP contribution is 2.29. The van der Waals surface area contributed by atoms with Crippen LogP contribution in [0.2, 0.25) is 5.02 Å². The van der Waals surface area contributed by atoms with Gasteiger partial charge in [0.25, 0.3) is 5.09 Å². The van der Waals surface area contributed by atoms with Crippen molar-refractivity contribution in [1.82, 2.24) is 9.55 Å². The van der Waals surface area contributed by atoms with Crippen molar-refractivity contribution in [2.75, 3.05) is 13.9 Å². The molecule has 0 aliphatic heterocycles. The Morgan fingerprint density at radius 1 is 1.43 bits per heavy atom.